The third kappa shape index (κ3) is 2.73. The van der Waals surface area contributed by atoms with Gasteiger partial charge in [0.05, 0.1) is 0 Å². The van der Waals surface area contributed by atoms with Gasteiger partial charge in [-0.25, -0.2) is 9.78 Å². The van der Waals surface area contributed by atoms with Crippen molar-refractivity contribution in [3.8, 4) is 17.1 Å². The average molecular weight is 313 g/mol. The Morgan fingerprint density at radius 2 is 1.91 bits per heavy atom. The highest BCUT2D eigenvalue weighted by molar-refractivity contribution is 6.30. The molecule has 0 fully saturated rings. The van der Waals surface area contributed by atoms with E-state index in [-0.39, 0.29) is 5.69 Å². The summed E-state index contributed by atoms with van der Waals surface area (Å²) >= 11 is 6.03. The van der Waals surface area contributed by atoms with Crippen LogP contribution >= 0.6 is 11.6 Å². The summed E-state index contributed by atoms with van der Waals surface area (Å²) < 4.78 is 1.74. The standard InChI is InChI=1S/C17H13ClN2O2/c1-11-5-7-12(8-6-11)16-19-15(17(21)22)10-20(16)14-4-2-3-13(18)9-14/h2-10H,1H3,(H,21,22). The maximum Gasteiger partial charge on any atom is 0.356 e. The maximum absolute atomic E-state index is 11.2. The van der Waals surface area contributed by atoms with Crippen molar-refractivity contribution in [3.05, 3.63) is 71.0 Å². The molecule has 3 rings (SSSR count). The van der Waals surface area contributed by atoms with Crippen LogP contribution in [-0.4, -0.2) is 20.6 Å². The Morgan fingerprint density at radius 3 is 2.55 bits per heavy atom. The predicted octanol–water partition coefficient (Wildman–Crippen LogP) is 4.20. The van der Waals surface area contributed by atoms with Gasteiger partial charge >= 0.3 is 5.97 Å². The summed E-state index contributed by atoms with van der Waals surface area (Å²) in [5.74, 6) is -0.492. The number of aryl methyl sites for hydroxylation is 1. The Kier molecular flexibility index (Phi) is 3.69. The molecule has 0 bridgehead atoms. The largest absolute Gasteiger partial charge is 0.476 e. The van der Waals surface area contributed by atoms with Crippen molar-refractivity contribution in [2.75, 3.05) is 0 Å². The summed E-state index contributed by atoms with van der Waals surface area (Å²) in [6.45, 7) is 2.00. The van der Waals surface area contributed by atoms with E-state index in [0.29, 0.717) is 10.8 Å². The van der Waals surface area contributed by atoms with Crippen LogP contribution in [-0.2, 0) is 0 Å². The summed E-state index contributed by atoms with van der Waals surface area (Å²) in [5.41, 5.74) is 2.74. The van der Waals surface area contributed by atoms with Gasteiger partial charge < -0.3 is 5.11 Å². The third-order valence-electron chi connectivity index (χ3n) is 3.32. The Hall–Kier alpha value is -2.59. The quantitative estimate of drug-likeness (QED) is 0.788. The first-order chi connectivity index (χ1) is 10.5. The molecule has 5 heteroatoms. The number of imidazole rings is 1. The van der Waals surface area contributed by atoms with Gasteiger partial charge in [0.2, 0.25) is 0 Å². The number of carbonyl (C=O) groups is 1. The van der Waals surface area contributed by atoms with Gasteiger partial charge in [0, 0.05) is 22.5 Å². The lowest BCUT2D eigenvalue weighted by Crippen LogP contribution is -1.96. The van der Waals surface area contributed by atoms with Crippen molar-refractivity contribution in [1.29, 1.82) is 0 Å². The van der Waals surface area contributed by atoms with E-state index in [4.69, 9.17) is 11.6 Å². The first kappa shape index (κ1) is 14.4. The summed E-state index contributed by atoms with van der Waals surface area (Å²) in [7, 11) is 0. The van der Waals surface area contributed by atoms with Gasteiger partial charge in [0.1, 0.15) is 5.82 Å². The van der Waals surface area contributed by atoms with Crippen LogP contribution in [0, 0.1) is 6.92 Å². The molecule has 0 spiro atoms. The van der Waals surface area contributed by atoms with Crippen molar-refractivity contribution < 1.29 is 9.90 Å². The second-order valence-corrected chi connectivity index (χ2v) is 5.41. The van der Waals surface area contributed by atoms with Gasteiger partial charge in [0.15, 0.2) is 5.69 Å². The minimum Gasteiger partial charge on any atom is -0.476 e. The van der Waals surface area contributed by atoms with Crippen molar-refractivity contribution in [3.63, 3.8) is 0 Å². The highest BCUT2D eigenvalue weighted by atomic mass is 35.5. The summed E-state index contributed by atoms with van der Waals surface area (Å²) in [4.78, 5) is 15.5. The molecule has 1 N–H and O–H groups in total. The predicted molar refractivity (Wildman–Crippen MR) is 85.7 cm³/mol. The van der Waals surface area contributed by atoms with E-state index in [0.717, 1.165) is 16.8 Å². The van der Waals surface area contributed by atoms with E-state index in [2.05, 4.69) is 4.98 Å². The Morgan fingerprint density at radius 1 is 1.18 bits per heavy atom. The van der Waals surface area contributed by atoms with Crippen molar-refractivity contribution in [1.82, 2.24) is 9.55 Å². The zero-order chi connectivity index (χ0) is 15.7. The smallest absolute Gasteiger partial charge is 0.356 e. The fraction of sp³-hybridized carbons (Fsp3) is 0.0588. The molecule has 1 heterocycles. The average Bonchev–Trinajstić information content (AvgIpc) is 2.93. The van der Waals surface area contributed by atoms with E-state index in [1.165, 1.54) is 6.20 Å². The minimum atomic E-state index is -1.06. The highest BCUT2D eigenvalue weighted by Crippen LogP contribution is 2.25. The fourth-order valence-electron chi connectivity index (χ4n) is 2.21. The molecule has 0 saturated carbocycles. The first-order valence-electron chi connectivity index (χ1n) is 6.70. The van der Waals surface area contributed by atoms with E-state index in [1.54, 1.807) is 16.7 Å². The molecule has 0 saturated heterocycles. The molecule has 4 nitrogen and oxygen atoms in total. The lowest BCUT2D eigenvalue weighted by atomic mass is 10.1. The van der Waals surface area contributed by atoms with Gasteiger partial charge in [-0.1, -0.05) is 47.5 Å². The van der Waals surface area contributed by atoms with Crippen LogP contribution in [0.5, 0.6) is 0 Å². The molecule has 0 aliphatic heterocycles. The lowest BCUT2D eigenvalue weighted by Gasteiger charge is -2.08. The monoisotopic (exact) mass is 312 g/mol. The number of hydrogen-bond donors (Lipinski definition) is 1. The molecule has 0 unspecified atom stereocenters. The van der Waals surface area contributed by atoms with Crippen LogP contribution in [0.1, 0.15) is 16.1 Å². The molecule has 110 valence electrons. The fourth-order valence-corrected chi connectivity index (χ4v) is 2.40. The van der Waals surface area contributed by atoms with Crippen molar-refractivity contribution >= 4 is 17.6 Å². The Balaban J connectivity index is 2.20. The van der Waals surface area contributed by atoms with Crippen molar-refractivity contribution in [2.24, 2.45) is 0 Å². The van der Waals surface area contributed by atoms with Crippen LogP contribution < -0.4 is 0 Å². The van der Waals surface area contributed by atoms with E-state index in [9.17, 15) is 9.90 Å². The number of hydrogen-bond acceptors (Lipinski definition) is 2. The van der Waals surface area contributed by atoms with Crippen LogP contribution in [0.25, 0.3) is 17.1 Å². The van der Waals surface area contributed by atoms with Crippen LogP contribution in [0.2, 0.25) is 5.02 Å². The molecule has 0 aliphatic rings. The van der Waals surface area contributed by atoms with E-state index >= 15 is 0 Å². The Labute approximate surface area is 132 Å². The maximum atomic E-state index is 11.2. The second-order valence-electron chi connectivity index (χ2n) is 4.97. The third-order valence-corrected chi connectivity index (χ3v) is 3.56. The van der Waals surface area contributed by atoms with Crippen LogP contribution in [0.15, 0.2) is 54.7 Å². The molecule has 0 atom stereocenters. The number of carboxylic acids is 1. The number of carboxylic acid groups (broad SMARTS) is 1. The number of halogens is 1. The van der Waals surface area contributed by atoms with E-state index < -0.39 is 5.97 Å². The molecule has 1 aromatic heterocycles. The number of benzene rings is 2. The van der Waals surface area contributed by atoms with Gasteiger partial charge in [-0.2, -0.15) is 0 Å². The second kappa shape index (κ2) is 5.66. The Bertz CT molecular complexity index is 838. The van der Waals surface area contributed by atoms with Gasteiger partial charge in [0.25, 0.3) is 0 Å². The van der Waals surface area contributed by atoms with Crippen molar-refractivity contribution in [2.45, 2.75) is 6.92 Å². The molecular weight excluding hydrogens is 300 g/mol. The number of rotatable bonds is 3. The molecule has 3 aromatic rings. The zero-order valence-corrected chi connectivity index (χ0v) is 12.6. The topological polar surface area (TPSA) is 55.1 Å². The minimum absolute atomic E-state index is 0.00412. The number of aromatic nitrogens is 2. The van der Waals surface area contributed by atoms with Gasteiger partial charge in [-0.05, 0) is 25.1 Å². The molecule has 2 aromatic carbocycles. The van der Waals surface area contributed by atoms with Gasteiger partial charge in [-0.15, -0.1) is 0 Å². The molecule has 22 heavy (non-hydrogen) atoms. The summed E-state index contributed by atoms with van der Waals surface area (Å²) in [5, 5.41) is 9.79. The lowest BCUT2D eigenvalue weighted by molar-refractivity contribution is 0.0691. The molecule has 0 amide bonds. The highest BCUT2D eigenvalue weighted by Gasteiger charge is 2.16. The summed E-state index contributed by atoms with van der Waals surface area (Å²) in [6, 6.07) is 15.0. The van der Waals surface area contributed by atoms with Gasteiger partial charge in [-0.3, -0.25) is 4.57 Å². The number of nitrogens with zero attached hydrogens (tertiary/aromatic N) is 2. The van der Waals surface area contributed by atoms with Crippen LogP contribution in [0.4, 0.5) is 0 Å². The molecule has 0 radical (unpaired) electrons. The zero-order valence-electron chi connectivity index (χ0n) is 11.8. The molecular formula is C17H13ClN2O2. The number of aromatic carboxylic acids is 1. The molecule has 0 aliphatic carbocycles. The van der Waals surface area contributed by atoms with E-state index in [1.807, 2.05) is 43.3 Å². The normalized spacial score (nSPS) is 10.6. The SMILES string of the molecule is Cc1ccc(-c2nc(C(=O)O)cn2-c2cccc(Cl)c2)cc1. The summed E-state index contributed by atoms with van der Waals surface area (Å²) in [6.07, 6.45) is 1.50. The first-order valence-corrected chi connectivity index (χ1v) is 7.08. The van der Waals surface area contributed by atoms with Crippen LogP contribution in [0.3, 0.4) is 0 Å².